The molecule has 0 aliphatic carbocycles. The standard InChI is InChI=1S/C17H18N4O2/c18-11-16-17(20-8-7-19-16)21-14-1-3-15(4-2-14)23-12-13-5-9-22-10-6-13/h1-4,7-8,13H,5-6,9-10,12H2,(H,20,21). The molecule has 1 aromatic heterocycles. The highest BCUT2D eigenvalue weighted by Gasteiger charge is 2.14. The summed E-state index contributed by atoms with van der Waals surface area (Å²) in [5.74, 6) is 1.85. The van der Waals surface area contributed by atoms with Gasteiger partial charge in [0.05, 0.1) is 6.61 Å². The van der Waals surface area contributed by atoms with Gasteiger partial charge in [-0.25, -0.2) is 9.97 Å². The van der Waals surface area contributed by atoms with Crippen molar-refractivity contribution < 1.29 is 9.47 Å². The Hall–Kier alpha value is -2.65. The van der Waals surface area contributed by atoms with Crippen LogP contribution in [0.15, 0.2) is 36.7 Å². The summed E-state index contributed by atoms with van der Waals surface area (Å²) >= 11 is 0. The molecule has 1 saturated heterocycles. The van der Waals surface area contributed by atoms with Crippen LogP contribution < -0.4 is 10.1 Å². The second-order valence-electron chi connectivity index (χ2n) is 5.38. The Morgan fingerprint density at radius 1 is 1.17 bits per heavy atom. The van der Waals surface area contributed by atoms with Crippen molar-refractivity contribution in [3.05, 3.63) is 42.4 Å². The third-order valence-corrected chi connectivity index (χ3v) is 3.75. The number of hydrogen-bond acceptors (Lipinski definition) is 6. The van der Waals surface area contributed by atoms with Crippen molar-refractivity contribution >= 4 is 11.5 Å². The molecule has 118 valence electrons. The fraction of sp³-hybridized carbons (Fsp3) is 0.353. The molecule has 23 heavy (non-hydrogen) atoms. The first-order valence-corrected chi connectivity index (χ1v) is 7.64. The molecule has 0 unspecified atom stereocenters. The van der Waals surface area contributed by atoms with Gasteiger partial charge in [0.25, 0.3) is 0 Å². The molecule has 2 aromatic rings. The number of ether oxygens (including phenoxy) is 2. The van der Waals surface area contributed by atoms with E-state index in [-0.39, 0.29) is 5.69 Å². The third kappa shape index (κ3) is 4.18. The summed E-state index contributed by atoms with van der Waals surface area (Å²) in [6, 6.07) is 9.62. The number of anilines is 2. The Bertz CT molecular complexity index is 676. The molecule has 3 rings (SSSR count). The van der Waals surface area contributed by atoms with E-state index in [0.29, 0.717) is 11.7 Å². The van der Waals surface area contributed by atoms with Crippen LogP contribution in [0.1, 0.15) is 18.5 Å². The molecule has 1 aliphatic heterocycles. The van der Waals surface area contributed by atoms with Gasteiger partial charge in [0.2, 0.25) is 0 Å². The van der Waals surface area contributed by atoms with Crippen molar-refractivity contribution in [3.63, 3.8) is 0 Å². The van der Waals surface area contributed by atoms with Crippen LogP contribution in [0.2, 0.25) is 0 Å². The van der Waals surface area contributed by atoms with Gasteiger partial charge in [-0.05, 0) is 43.0 Å². The van der Waals surface area contributed by atoms with E-state index in [2.05, 4.69) is 15.3 Å². The van der Waals surface area contributed by atoms with E-state index in [1.54, 1.807) is 6.20 Å². The molecule has 1 N–H and O–H groups in total. The van der Waals surface area contributed by atoms with Gasteiger partial charge in [-0.3, -0.25) is 0 Å². The van der Waals surface area contributed by atoms with E-state index in [1.165, 1.54) is 6.20 Å². The van der Waals surface area contributed by atoms with E-state index in [0.717, 1.165) is 44.1 Å². The third-order valence-electron chi connectivity index (χ3n) is 3.75. The van der Waals surface area contributed by atoms with Crippen LogP contribution in [0.25, 0.3) is 0 Å². The maximum Gasteiger partial charge on any atom is 0.183 e. The van der Waals surface area contributed by atoms with Crippen LogP contribution in [0.5, 0.6) is 5.75 Å². The van der Waals surface area contributed by atoms with E-state index in [9.17, 15) is 0 Å². The van der Waals surface area contributed by atoms with Gasteiger partial charge >= 0.3 is 0 Å². The molecule has 1 fully saturated rings. The van der Waals surface area contributed by atoms with Crippen molar-refractivity contribution in [2.75, 3.05) is 25.1 Å². The first kappa shape index (κ1) is 15.3. The maximum atomic E-state index is 9.01. The zero-order valence-electron chi connectivity index (χ0n) is 12.7. The molecular formula is C17H18N4O2. The Morgan fingerprint density at radius 2 is 1.91 bits per heavy atom. The summed E-state index contributed by atoms with van der Waals surface area (Å²) in [4.78, 5) is 8.10. The molecule has 6 heteroatoms. The minimum absolute atomic E-state index is 0.271. The first-order chi connectivity index (χ1) is 11.3. The normalized spacial score (nSPS) is 14.9. The van der Waals surface area contributed by atoms with Gasteiger partial charge in [-0.1, -0.05) is 0 Å². The van der Waals surface area contributed by atoms with Crippen LogP contribution >= 0.6 is 0 Å². The first-order valence-electron chi connectivity index (χ1n) is 7.64. The van der Waals surface area contributed by atoms with E-state index in [1.807, 2.05) is 30.3 Å². The Balaban J connectivity index is 1.57. The van der Waals surface area contributed by atoms with Crippen LogP contribution in [0.4, 0.5) is 11.5 Å². The smallest absolute Gasteiger partial charge is 0.183 e. The molecule has 6 nitrogen and oxygen atoms in total. The molecular weight excluding hydrogens is 292 g/mol. The Morgan fingerprint density at radius 3 is 2.65 bits per heavy atom. The van der Waals surface area contributed by atoms with Crippen molar-refractivity contribution in [3.8, 4) is 11.8 Å². The molecule has 0 amide bonds. The average molecular weight is 310 g/mol. The van der Waals surface area contributed by atoms with E-state index < -0.39 is 0 Å². The zero-order chi connectivity index (χ0) is 15.9. The zero-order valence-corrected chi connectivity index (χ0v) is 12.7. The average Bonchev–Trinajstić information content (AvgIpc) is 2.62. The van der Waals surface area contributed by atoms with E-state index in [4.69, 9.17) is 14.7 Å². The minimum Gasteiger partial charge on any atom is -0.493 e. The molecule has 1 aliphatic rings. The lowest BCUT2D eigenvalue weighted by Crippen LogP contribution is -2.21. The van der Waals surface area contributed by atoms with Crippen LogP contribution in [0, 0.1) is 17.2 Å². The molecule has 0 spiro atoms. The van der Waals surface area contributed by atoms with Crippen LogP contribution in [-0.2, 0) is 4.74 Å². The number of benzene rings is 1. The van der Waals surface area contributed by atoms with Gasteiger partial charge in [-0.15, -0.1) is 0 Å². The number of hydrogen-bond donors (Lipinski definition) is 1. The van der Waals surface area contributed by atoms with Crippen molar-refractivity contribution in [2.24, 2.45) is 5.92 Å². The monoisotopic (exact) mass is 310 g/mol. The van der Waals surface area contributed by atoms with Gasteiger partial charge in [0.15, 0.2) is 11.5 Å². The maximum absolute atomic E-state index is 9.01. The van der Waals surface area contributed by atoms with Gasteiger partial charge in [-0.2, -0.15) is 5.26 Å². The molecule has 0 radical (unpaired) electrons. The number of nitriles is 1. The number of rotatable bonds is 5. The summed E-state index contributed by atoms with van der Waals surface area (Å²) in [6.45, 7) is 2.38. The minimum atomic E-state index is 0.271. The van der Waals surface area contributed by atoms with Gasteiger partial charge in [0, 0.05) is 31.3 Å². The molecule has 0 saturated carbocycles. The SMILES string of the molecule is N#Cc1nccnc1Nc1ccc(OCC2CCOCC2)cc1. The second kappa shape index (κ2) is 7.56. The van der Waals surface area contributed by atoms with Crippen LogP contribution in [0.3, 0.4) is 0 Å². The predicted molar refractivity (Wildman–Crippen MR) is 85.5 cm³/mol. The second-order valence-corrected chi connectivity index (χ2v) is 5.38. The lowest BCUT2D eigenvalue weighted by molar-refractivity contribution is 0.0497. The quantitative estimate of drug-likeness (QED) is 0.914. The van der Waals surface area contributed by atoms with Crippen molar-refractivity contribution in [1.29, 1.82) is 5.26 Å². The number of nitrogens with zero attached hydrogens (tertiary/aromatic N) is 3. The van der Waals surface area contributed by atoms with Gasteiger partial charge in [0.1, 0.15) is 11.8 Å². The fourth-order valence-electron chi connectivity index (χ4n) is 2.41. The van der Waals surface area contributed by atoms with Crippen LogP contribution in [-0.4, -0.2) is 29.8 Å². The predicted octanol–water partition coefficient (Wildman–Crippen LogP) is 2.90. The molecule has 1 aromatic carbocycles. The summed E-state index contributed by atoms with van der Waals surface area (Å²) in [5.41, 5.74) is 1.10. The Kier molecular flexibility index (Phi) is 5.02. The largest absolute Gasteiger partial charge is 0.493 e. The summed E-state index contributed by atoms with van der Waals surface area (Å²) in [6.07, 6.45) is 5.16. The highest BCUT2D eigenvalue weighted by molar-refractivity contribution is 5.61. The lowest BCUT2D eigenvalue weighted by atomic mass is 10.0. The number of aromatic nitrogens is 2. The lowest BCUT2D eigenvalue weighted by Gasteiger charge is -2.22. The summed E-state index contributed by atoms with van der Waals surface area (Å²) < 4.78 is 11.2. The van der Waals surface area contributed by atoms with Crippen molar-refractivity contribution in [1.82, 2.24) is 9.97 Å². The van der Waals surface area contributed by atoms with E-state index >= 15 is 0 Å². The highest BCUT2D eigenvalue weighted by Crippen LogP contribution is 2.22. The topological polar surface area (TPSA) is 80.1 Å². The number of nitrogens with one attached hydrogen (secondary N) is 1. The Labute approximate surface area is 135 Å². The molecule has 0 bridgehead atoms. The highest BCUT2D eigenvalue weighted by atomic mass is 16.5. The molecule has 2 heterocycles. The molecule has 0 atom stereocenters. The summed E-state index contributed by atoms with van der Waals surface area (Å²) in [5, 5.41) is 12.1. The van der Waals surface area contributed by atoms with Gasteiger partial charge < -0.3 is 14.8 Å². The fourth-order valence-corrected chi connectivity index (χ4v) is 2.41. The summed E-state index contributed by atoms with van der Waals surface area (Å²) in [7, 11) is 0. The van der Waals surface area contributed by atoms with Crippen molar-refractivity contribution in [2.45, 2.75) is 12.8 Å².